The predicted molar refractivity (Wildman–Crippen MR) is 145 cm³/mol. The van der Waals surface area contributed by atoms with Crippen LogP contribution in [0.4, 0.5) is 8.78 Å². The quantitative estimate of drug-likeness (QED) is 0.333. The first-order chi connectivity index (χ1) is 17.8. The van der Waals surface area contributed by atoms with Gasteiger partial charge in [0.2, 0.25) is 0 Å². The highest BCUT2D eigenvalue weighted by molar-refractivity contribution is 5.69. The fourth-order valence-corrected chi connectivity index (χ4v) is 8.69. The largest absolute Gasteiger partial charge is 0.550 e. The second-order valence-corrected chi connectivity index (χ2v) is 12.8. The first-order valence-electron chi connectivity index (χ1n) is 15.4. The molecule has 208 valence electrons. The molecule has 0 spiro atoms. The summed E-state index contributed by atoms with van der Waals surface area (Å²) in [4.78, 5) is 11.7. The lowest BCUT2D eigenvalue weighted by Gasteiger charge is -2.52. The molecule has 4 rings (SSSR count). The molecule has 4 heteroatoms. The van der Waals surface area contributed by atoms with Crippen LogP contribution >= 0.6 is 0 Å². The summed E-state index contributed by atoms with van der Waals surface area (Å²) in [6, 6.07) is 8.26. The third-order valence-electron chi connectivity index (χ3n) is 10.8. The van der Waals surface area contributed by atoms with Crippen LogP contribution in [0, 0.1) is 29.6 Å². The molecule has 0 radical (unpaired) electrons. The monoisotopic (exact) mass is 515 g/mol. The van der Waals surface area contributed by atoms with E-state index in [2.05, 4.69) is 39.0 Å². The number of carbonyl (C=O) groups excluding carboxylic acids is 1. The van der Waals surface area contributed by atoms with E-state index in [0.29, 0.717) is 18.3 Å². The highest BCUT2D eigenvalue weighted by Gasteiger charge is 2.56. The van der Waals surface area contributed by atoms with Crippen LogP contribution in [0.3, 0.4) is 0 Å². The Morgan fingerprint density at radius 1 is 0.919 bits per heavy atom. The summed E-state index contributed by atoms with van der Waals surface area (Å²) in [6.45, 7) is 6.77. The maximum atomic E-state index is 16.6. The molecule has 3 aliphatic rings. The van der Waals surface area contributed by atoms with Crippen molar-refractivity contribution in [3.05, 3.63) is 35.4 Å². The van der Waals surface area contributed by atoms with E-state index in [-0.39, 0.29) is 18.3 Å². The molecule has 5 atom stereocenters. The molecule has 3 saturated carbocycles. The number of halogens is 2. The summed E-state index contributed by atoms with van der Waals surface area (Å²) < 4.78 is 32.2. The summed E-state index contributed by atoms with van der Waals surface area (Å²) in [7, 11) is 0. The maximum absolute atomic E-state index is 16.6. The topological polar surface area (TPSA) is 40.1 Å². The van der Waals surface area contributed by atoms with Crippen molar-refractivity contribution in [3.63, 3.8) is 0 Å². The summed E-state index contributed by atoms with van der Waals surface area (Å²) in [5.74, 6) is -0.397. The molecule has 37 heavy (non-hydrogen) atoms. The molecule has 0 aromatic heterocycles. The van der Waals surface area contributed by atoms with Crippen molar-refractivity contribution >= 4 is 5.97 Å². The van der Waals surface area contributed by atoms with Gasteiger partial charge in [-0.1, -0.05) is 96.4 Å². The highest BCUT2D eigenvalue weighted by Crippen LogP contribution is 2.56. The number of hydrogen-bond acceptors (Lipinski definition) is 2. The van der Waals surface area contributed by atoms with Crippen molar-refractivity contribution in [1.29, 1.82) is 0 Å². The van der Waals surface area contributed by atoms with Crippen LogP contribution in [0.25, 0.3) is 0 Å². The van der Waals surface area contributed by atoms with Gasteiger partial charge in [-0.3, -0.25) is 0 Å². The lowest BCUT2D eigenvalue weighted by molar-refractivity contribution is -0.316. The van der Waals surface area contributed by atoms with Crippen LogP contribution in [0.2, 0.25) is 0 Å². The first kappa shape index (κ1) is 28.6. The summed E-state index contributed by atoms with van der Waals surface area (Å²) >= 11 is 0. The van der Waals surface area contributed by atoms with Gasteiger partial charge >= 0.3 is 0 Å². The van der Waals surface area contributed by atoms with E-state index in [4.69, 9.17) is 0 Å². The van der Waals surface area contributed by atoms with Gasteiger partial charge in [0.25, 0.3) is 0 Å². The van der Waals surface area contributed by atoms with E-state index in [1.807, 2.05) is 6.07 Å². The lowest BCUT2D eigenvalue weighted by Crippen LogP contribution is -2.57. The molecule has 5 unspecified atom stereocenters. The Hall–Kier alpha value is -1.45. The number of carboxylic acid groups (broad SMARTS) is 1. The average molecular weight is 516 g/mol. The number of rotatable bonds is 9. The molecule has 3 aliphatic carbocycles. The van der Waals surface area contributed by atoms with E-state index >= 15 is 8.78 Å². The zero-order chi connectivity index (χ0) is 26.6. The van der Waals surface area contributed by atoms with Crippen molar-refractivity contribution in [2.45, 2.75) is 134 Å². The van der Waals surface area contributed by atoms with Gasteiger partial charge in [0.15, 0.2) is 0 Å². The lowest BCUT2D eigenvalue weighted by atomic mass is 9.53. The highest BCUT2D eigenvalue weighted by atomic mass is 19.2. The minimum absolute atomic E-state index is 0.0465. The summed E-state index contributed by atoms with van der Waals surface area (Å²) in [6.07, 6.45) is 10.5. The molecule has 0 saturated heterocycles. The molecule has 1 aromatic rings. The normalized spacial score (nSPS) is 37.7. The average Bonchev–Trinajstić information content (AvgIpc) is 2.91. The van der Waals surface area contributed by atoms with Crippen LogP contribution in [0.1, 0.15) is 128 Å². The predicted octanol–water partition coefficient (Wildman–Crippen LogP) is 8.08. The second kappa shape index (κ2) is 12.6. The van der Waals surface area contributed by atoms with Crippen molar-refractivity contribution in [2.75, 3.05) is 0 Å². The molecule has 0 heterocycles. The zero-order valence-corrected chi connectivity index (χ0v) is 23.4. The number of alkyl halides is 2. The van der Waals surface area contributed by atoms with Crippen LogP contribution in [-0.4, -0.2) is 18.3 Å². The summed E-state index contributed by atoms with van der Waals surface area (Å²) in [5, 5.41) is 11.7. The molecule has 1 aromatic carbocycles. The van der Waals surface area contributed by atoms with Crippen LogP contribution in [0.5, 0.6) is 0 Å². The van der Waals surface area contributed by atoms with Gasteiger partial charge in [-0.15, -0.1) is 0 Å². The van der Waals surface area contributed by atoms with Gasteiger partial charge in [-0.2, -0.15) is 0 Å². The molecular weight excluding hydrogens is 466 g/mol. The van der Waals surface area contributed by atoms with Gasteiger partial charge in [-0.25, -0.2) is 8.78 Å². The van der Waals surface area contributed by atoms with E-state index in [1.54, 1.807) is 0 Å². The number of benzene rings is 1. The number of hydrogen-bond donors (Lipinski definition) is 0. The summed E-state index contributed by atoms with van der Waals surface area (Å²) in [5.41, 5.74) is 1.20. The second-order valence-electron chi connectivity index (χ2n) is 12.8. The number of carbonyl (C=O) groups is 1. The maximum Gasteiger partial charge on any atom is 0.142 e. The van der Waals surface area contributed by atoms with Crippen LogP contribution < -0.4 is 5.11 Å². The molecule has 3 fully saturated rings. The molecule has 0 bridgehead atoms. The standard InChI is InChI=1S/C33H50F2O2/c1-4-8-23-12-16-25(17-13-23)22(3)27-10-6-7-11-29(27)33(26-18-14-24(9-5-2)15-19-26)21-20-28(32(36)37)30(34)31(33)35/h6-7,10-11,22-26,28,30-31H,4-5,8-9,12-21H2,1-3H3,(H,36,37)/p-1. The molecule has 0 aliphatic heterocycles. The minimum Gasteiger partial charge on any atom is -0.550 e. The molecule has 0 amide bonds. The third-order valence-corrected chi connectivity index (χ3v) is 10.8. The number of carboxylic acids is 1. The first-order valence-corrected chi connectivity index (χ1v) is 15.4. The third kappa shape index (κ3) is 5.78. The Morgan fingerprint density at radius 3 is 2.05 bits per heavy atom. The smallest absolute Gasteiger partial charge is 0.142 e. The van der Waals surface area contributed by atoms with E-state index in [1.165, 1.54) is 50.5 Å². The number of aliphatic carboxylic acids is 1. The minimum atomic E-state index is -2.01. The van der Waals surface area contributed by atoms with Crippen molar-refractivity contribution < 1.29 is 18.7 Å². The van der Waals surface area contributed by atoms with Gasteiger partial charge in [0.05, 0.1) is 0 Å². The Bertz CT molecular complexity index is 871. The van der Waals surface area contributed by atoms with Crippen molar-refractivity contribution in [1.82, 2.24) is 0 Å². The van der Waals surface area contributed by atoms with Crippen LogP contribution in [-0.2, 0) is 10.2 Å². The fraction of sp³-hybridized carbons (Fsp3) is 0.788. The zero-order valence-electron chi connectivity index (χ0n) is 23.4. The van der Waals surface area contributed by atoms with Gasteiger partial charge < -0.3 is 9.90 Å². The fourth-order valence-electron chi connectivity index (χ4n) is 8.69. The van der Waals surface area contributed by atoms with Gasteiger partial charge in [-0.05, 0) is 79.2 Å². The Morgan fingerprint density at radius 2 is 1.49 bits per heavy atom. The van der Waals surface area contributed by atoms with Crippen molar-refractivity contribution in [2.24, 2.45) is 29.6 Å². The Kier molecular flexibility index (Phi) is 9.73. The van der Waals surface area contributed by atoms with E-state index < -0.39 is 29.6 Å². The van der Waals surface area contributed by atoms with Crippen LogP contribution in [0.15, 0.2) is 24.3 Å². The van der Waals surface area contributed by atoms with E-state index in [9.17, 15) is 9.90 Å². The van der Waals surface area contributed by atoms with Gasteiger partial charge in [0, 0.05) is 17.3 Å². The molecule has 2 nitrogen and oxygen atoms in total. The SMILES string of the molecule is CCCC1CCC(C(C)c2ccccc2C2(C3CCC(CCC)CC3)CCC(C(=O)[O-])C(F)C2F)CC1. The van der Waals surface area contributed by atoms with Gasteiger partial charge in [0.1, 0.15) is 12.3 Å². The van der Waals surface area contributed by atoms with Crippen molar-refractivity contribution in [3.8, 4) is 0 Å². The Balaban J connectivity index is 1.68. The Labute approximate surface area is 224 Å². The van der Waals surface area contributed by atoms with E-state index in [0.717, 1.165) is 43.6 Å². The molecule has 0 N–H and O–H groups in total. The molecular formula is C33H49F2O2-.